The highest BCUT2D eigenvalue weighted by Crippen LogP contribution is 2.44. The van der Waals surface area contributed by atoms with Crippen LogP contribution in [0.2, 0.25) is 20.1 Å². The predicted molar refractivity (Wildman–Crippen MR) is 126 cm³/mol. The summed E-state index contributed by atoms with van der Waals surface area (Å²) in [6, 6.07) is 17.3. The molecule has 0 unspecified atom stereocenters. The molecule has 4 nitrogen and oxygen atoms in total. The van der Waals surface area contributed by atoms with Crippen molar-refractivity contribution in [2.24, 2.45) is 0 Å². The molecule has 1 amide bonds. The number of amides is 1. The van der Waals surface area contributed by atoms with Crippen LogP contribution in [-0.2, 0) is 14.6 Å². The fraction of sp³-hybridized carbons (Fsp3) is 0.0455. The standard InChI is InChI=1S/C22H13Cl4NO3S/c23-15-4-1-13(2-5-15)22-27(18-9-7-16(24)8-10-18)21(28)20(31(22,29)30)11-14-3-6-17(25)12-19(14)26/h1-12,22H/b20-11+/t22-/m0/s1. The molecule has 31 heavy (non-hydrogen) atoms. The molecular weight excluding hydrogens is 500 g/mol. The highest BCUT2D eigenvalue weighted by molar-refractivity contribution is 7.97. The second-order valence-electron chi connectivity index (χ2n) is 6.77. The maximum absolute atomic E-state index is 13.6. The normalized spacial score (nSPS) is 19.2. The molecule has 1 saturated heterocycles. The number of carbonyl (C=O) groups is 1. The van der Waals surface area contributed by atoms with Crippen molar-refractivity contribution in [1.29, 1.82) is 0 Å². The van der Waals surface area contributed by atoms with E-state index in [1.54, 1.807) is 60.7 Å². The Morgan fingerprint density at radius 2 is 1.32 bits per heavy atom. The molecule has 3 aromatic carbocycles. The molecule has 1 fully saturated rings. The summed E-state index contributed by atoms with van der Waals surface area (Å²) < 4.78 is 27.1. The minimum absolute atomic E-state index is 0.232. The van der Waals surface area contributed by atoms with Gasteiger partial charge in [0.05, 0.1) is 0 Å². The first-order valence-corrected chi connectivity index (χ1v) is 12.0. The van der Waals surface area contributed by atoms with Gasteiger partial charge in [-0.3, -0.25) is 9.69 Å². The maximum atomic E-state index is 13.6. The number of hydrogen-bond donors (Lipinski definition) is 0. The number of sulfone groups is 1. The van der Waals surface area contributed by atoms with Crippen molar-refractivity contribution < 1.29 is 13.2 Å². The van der Waals surface area contributed by atoms with Crippen LogP contribution in [-0.4, -0.2) is 14.3 Å². The Morgan fingerprint density at radius 1 is 0.774 bits per heavy atom. The number of rotatable bonds is 3. The minimum atomic E-state index is -4.11. The van der Waals surface area contributed by atoms with E-state index in [0.29, 0.717) is 31.9 Å². The van der Waals surface area contributed by atoms with Crippen molar-refractivity contribution in [3.8, 4) is 0 Å². The van der Waals surface area contributed by atoms with Gasteiger partial charge in [0.25, 0.3) is 5.91 Å². The molecule has 0 aliphatic carbocycles. The van der Waals surface area contributed by atoms with Crippen molar-refractivity contribution >= 4 is 73.9 Å². The lowest BCUT2D eigenvalue weighted by atomic mass is 10.1. The molecule has 0 saturated carbocycles. The van der Waals surface area contributed by atoms with Gasteiger partial charge in [-0.1, -0.05) is 64.6 Å². The van der Waals surface area contributed by atoms with Crippen LogP contribution in [0.3, 0.4) is 0 Å². The lowest BCUT2D eigenvalue weighted by Gasteiger charge is -2.23. The Balaban J connectivity index is 1.92. The molecule has 1 aliphatic rings. The molecule has 1 aliphatic heterocycles. The molecule has 3 aromatic rings. The summed E-state index contributed by atoms with van der Waals surface area (Å²) in [5.41, 5.74) is 1.16. The highest BCUT2D eigenvalue weighted by Gasteiger charge is 2.50. The van der Waals surface area contributed by atoms with Crippen LogP contribution in [0.5, 0.6) is 0 Å². The largest absolute Gasteiger partial charge is 0.286 e. The summed E-state index contributed by atoms with van der Waals surface area (Å²) in [5.74, 6) is -0.673. The van der Waals surface area contributed by atoms with Crippen LogP contribution in [0.15, 0.2) is 71.6 Å². The third kappa shape index (κ3) is 4.21. The number of hydrogen-bond acceptors (Lipinski definition) is 3. The lowest BCUT2D eigenvalue weighted by molar-refractivity contribution is -0.114. The number of nitrogens with zero attached hydrogens (tertiary/aromatic N) is 1. The van der Waals surface area contributed by atoms with Crippen LogP contribution in [0.4, 0.5) is 5.69 Å². The molecule has 1 heterocycles. The van der Waals surface area contributed by atoms with Crippen molar-refractivity contribution in [1.82, 2.24) is 0 Å². The first kappa shape index (κ1) is 22.2. The lowest BCUT2D eigenvalue weighted by Crippen LogP contribution is -2.28. The molecule has 9 heteroatoms. The van der Waals surface area contributed by atoms with Crippen molar-refractivity contribution in [2.75, 3.05) is 4.90 Å². The van der Waals surface area contributed by atoms with Crippen molar-refractivity contribution in [3.63, 3.8) is 0 Å². The van der Waals surface area contributed by atoms with Gasteiger partial charge < -0.3 is 0 Å². The van der Waals surface area contributed by atoms with E-state index < -0.39 is 21.1 Å². The fourth-order valence-electron chi connectivity index (χ4n) is 3.32. The second-order valence-corrected chi connectivity index (χ2v) is 10.5. The van der Waals surface area contributed by atoms with Gasteiger partial charge in [0, 0.05) is 25.8 Å². The third-order valence-electron chi connectivity index (χ3n) is 4.77. The molecule has 0 aromatic heterocycles. The van der Waals surface area contributed by atoms with Crippen LogP contribution >= 0.6 is 46.4 Å². The highest BCUT2D eigenvalue weighted by atomic mass is 35.5. The van der Waals surface area contributed by atoms with Gasteiger partial charge >= 0.3 is 0 Å². The molecule has 0 radical (unpaired) electrons. The molecular formula is C22H13Cl4NO3S. The Bertz CT molecular complexity index is 1300. The average molecular weight is 513 g/mol. The Morgan fingerprint density at radius 3 is 1.90 bits per heavy atom. The van der Waals surface area contributed by atoms with E-state index in [9.17, 15) is 13.2 Å². The Labute approximate surface area is 199 Å². The van der Waals surface area contributed by atoms with Gasteiger partial charge in [0.2, 0.25) is 9.84 Å². The van der Waals surface area contributed by atoms with E-state index in [1.165, 1.54) is 17.0 Å². The van der Waals surface area contributed by atoms with E-state index in [4.69, 9.17) is 46.4 Å². The number of benzene rings is 3. The van der Waals surface area contributed by atoms with E-state index in [2.05, 4.69) is 0 Å². The monoisotopic (exact) mass is 511 g/mol. The molecule has 1 atom stereocenters. The van der Waals surface area contributed by atoms with Crippen LogP contribution in [0.25, 0.3) is 6.08 Å². The van der Waals surface area contributed by atoms with E-state index >= 15 is 0 Å². The average Bonchev–Trinajstić information content (AvgIpc) is 2.91. The van der Waals surface area contributed by atoms with E-state index in [1.807, 2.05) is 0 Å². The van der Waals surface area contributed by atoms with Crippen molar-refractivity contribution in [2.45, 2.75) is 5.37 Å². The predicted octanol–water partition coefficient (Wildman–Crippen LogP) is 6.80. The molecule has 0 bridgehead atoms. The van der Waals surface area contributed by atoms with Gasteiger partial charge in [-0.25, -0.2) is 8.42 Å². The molecule has 0 N–H and O–H groups in total. The van der Waals surface area contributed by atoms with Crippen LogP contribution in [0, 0.1) is 0 Å². The van der Waals surface area contributed by atoms with Gasteiger partial charge in [-0.2, -0.15) is 0 Å². The molecule has 158 valence electrons. The molecule has 0 spiro atoms. The zero-order chi connectivity index (χ0) is 22.3. The fourth-order valence-corrected chi connectivity index (χ4v) is 5.92. The second kappa shape index (κ2) is 8.49. The maximum Gasteiger partial charge on any atom is 0.271 e. The number of carbonyl (C=O) groups excluding carboxylic acids is 1. The first-order valence-electron chi connectivity index (χ1n) is 8.94. The summed E-state index contributed by atoms with van der Waals surface area (Å²) in [5, 5.41) is 0.276. The quantitative estimate of drug-likeness (QED) is 0.362. The smallest absolute Gasteiger partial charge is 0.271 e. The summed E-state index contributed by atoms with van der Waals surface area (Å²) in [4.78, 5) is 14.2. The zero-order valence-corrected chi connectivity index (χ0v) is 19.4. The first-order chi connectivity index (χ1) is 14.7. The van der Waals surface area contributed by atoms with Crippen LogP contribution in [0.1, 0.15) is 16.5 Å². The Kier molecular flexibility index (Phi) is 6.08. The number of halogens is 4. The number of anilines is 1. The van der Waals surface area contributed by atoms with Gasteiger partial charge in [0.1, 0.15) is 4.91 Å². The third-order valence-corrected chi connectivity index (χ3v) is 7.82. The zero-order valence-electron chi connectivity index (χ0n) is 15.6. The summed E-state index contributed by atoms with van der Waals surface area (Å²) in [7, 11) is -4.11. The summed E-state index contributed by atoms with van der Waals surface area (Å²) in [6.07, 6.45) is 1.27. The van der Waals surface area contributed by atoms with Gasteiger partial charge in [-0.15, -0.1) is 0 Å². The van der Waals surface area contributed by atoms with E-state index in [-0.39, 0.29) is 9.93 Å². The van der Waals surface area contributed by atoms with Crippen molar-refractivity contribution in [3.05, 3.63) is 103 Å². The van der Waals surface area contributed by atoms with Crippen LogP contribution < -0.4 is 4.90 Å². The Hall–Kier alpha value is -2.02. The SMILES string of the molecule is O=C1/C(=C\c2ccc(Cl)cc2Cl)S(=O)(=O)[C@@H](c2ccc(Cl)cc2)N1c1ccc(Cl)cc1. The molecule has 4 rings (SSSR count). The van der Waals surface area contributed by atoms with Gasteiger partial charge in [0.15, 0.2) is 5.37 Å². The van der Waals surface area contributed by atoms with Gasteiger partial charge in [-0.05, 0) is 65.7 Å². The minimum Gasteiger partial charge on any atom is -0.286 e. The summed E-state index contributed by atoms with van der Waals surface area (Å²) >= 11 is 24.1. The topological polar surface area (TPSA) is 54.5 Å². The van der Waals surface area contributed by atoms with E-state index in [0.717, 1.165) is 0 Å². The summed E-state index contributed by atoms with van der Waals surface area (Å²) in [6.45, 7) is 0.